The summed E-state index contributed by atoms with van der Waals surface area (Å²) in [6.45, 7) is 1.95. The van der Waals surface area contributed by atoms with Crippen LogP contribution in [0.1, 0.15) is 16.1 Å². The third-order valence-corrected chi connectivity index (χ3v) is 3.15. The highest BCUT2D eigenvalue weighted by atomic mass is 16.5. The summed E-state index contributed by atoms with van der Waals surface area (Å²) in [5, 5.41) is 4.35. The van der Waals surface area contributed by atoms with Crippen molar-refractivity contribution in [3.05, 3.63) is 54.0 Å². The van der Waals surface area contributed by atoms with Gasteiger partial charge in [-0.3, -0.25) is 0 Å². The Kier molecular flexibility index (Phi) is 2.95. The highest BCUT2D eigenvalue weighted by molar-refractivity contribution is 5.91. The second-order valence-electron chi connectivity index (χ2n) is 4.49. The SMILES string of the molecule is COC(=O)c1cccc(-c2cnn3c(C)cnc3c2)c1. The van der Waals surface area contributed by atoms with Gasteiger partial charge in [-0.05, 0) is 30.7 Å². The Morgan fingerprint density at radius 1 is 1.20 bits per heavy atom. The van der Waals surface area contributed by atoms with E-state index in [0.29, 0.717) is 5.56 Å². The van der Waals surface area contributed by atoms with Crippen LogP contribution in [0.3, 0.4) is 0 Å². The number of ether oxygens (including phenoxy) is 1. The lowest BCUT2D eigenvalue weighted by molar-refractivity contribution is 0.0601. The summed E-state index contributed by atoms with van der Waals surface area (Å²) >= 11 is 0. The maximum Gasteiger partial charge on any atom is 0.337 e. The number of rotatable bonds is 2. The molecule has 0 saturated heterocycles. The predicted molar refractivity (Wildman–Crippen MR) is 74.5 cm³/mol. The third kappa shape index (κ3) is 2.03. The van der Waals surface area contributed by atoms with Gasteiger partial charge in [0.1, 0.15) is 0 Å². The van der Waals surface area contributed by atoms with Crippen LogP contribution in [-0.2, 0) is 4.74 Å². The van der Waals surface area contributed by atoms with Gasteiger partial charge in [0.25, 0.3) is 0 Å². The Morgan fingerprint density at radius 2 is 2.05 bits per heavy atom. The lowest BCUT2D eigenvalue weighted by atomic mass is 10.1. The van der Waals surface area contributed by atoms with Gasteiger partial charge in [-0.15, -0.1) is 0 Å². The van der Waals surface area contributed by atoms with Crippen LogP contribution in [0.5, 0.6) is 0 Å². The molecule has 0 saturated carbocycles. The van der Waals surface area contributed by atoms with E-state index in [2.05, 4.69) is 10.1 Å². The number of hydrogen-bond acceptors (Lipinski definition) is 4. The van der Waals surface area contributed by atoms with Crippen molar-refractivity contribution in [2.75, 3.05) is 7.11 Å². The van der Waals surface area contributed by atoms with E-state index >= 15 is 0 Å². The number of fused-ring (bicyclic) bond motifs is 1. The molecule has 0 bridgehead atoms. The first-order chi connectivity index (χ1) is 9.69. The molecule has 2 heterocycles. The fraction of sp³-hybridized carbons (Fsp3) is 0.133. The van der Waals surface area contributed by atoms with Crippen LogP contribution in [-0.4, -0.2) is 27.7 Å². The molecule has 0 radical (unpaired) electrons. The molecule has 3 aromatic rings. The molecule has 0 aliphatic rings. The standard InChI is InChI=1S/C15H13N3O2/c1-10-8-16-14-7-13(9-17-18(10)14)11-4-3-5-12(6-11)15(19)20-2/h3-9H,1-2H3. The van der Waals surface area contributed by atoms with Gasteiger partial charge in [-0.2, -0.15) is 5.10 Å². The minimum Gasteiger partial charge on any atom is -0.465 e. The van der Waals surface area contributed by atoms with Gasteiger partial charge >= 0.3 is 5.97 Å². The lowest BCUT2D eigenvalue weighted by Gasteiger charge is -2.05. The molecular formula is C15H13N3O2. The van der Waals surface area contributed by atoms with Gasteiger partial charge < -0.3 is 4.74 Å². The molecule has 100 valence electrons. The van der Waals surface area contributed by atoms with Crippen LogP contribution in [0.4, 0.5) is 0 Å². The smallest absolute Gasteiger partial charge is 0.337 e. The summed E-state index contributed by atoms with van der Waals surface area (Å²) in [7, 11) is 1.37. The monoisotopic (exact) mass is 267 g/mol. The minimum atomic E-state index is -0.349. The summed E-state index contributed by atoms with van der Waals surface area (Å²) in [6.07, 6.45) is 3.54. The molecule has 0 unspecified atom stereocenters. The normalized spacial score (nSPS) is 10.7. The molecule has 5 heteroatoms. The van der Waals surface area contributed by atoms with Crippen molar-refractivity contribution in [1.29, 1.82) is 0 Å². The number of nitrogens with zero attached hydrogens (tertiary/aromatic N) is 3. The van der Waals surface area contributed by atoms with E-state index < -0.39 is 0 Å². The molecule has 0 atom stereocenters. The number of benzene rings is 1. The number of methoxy groups -OCH3 is 1. The molecule has 1 aromatic carbocycles. The van der Waals surface area contributed by atoms with E-state index in [4.69, 9.17) is 4.74 Å². The molecule has 5 nitrogen and oxygen atoms in total. The second-order valence-corrected chi connectivity index (χ2v) is 4.49. The van der Waals surface area contributed by atoms with Crippen LogP contribution in [0.15, 0.2) is 42.7 Å². The zero-order chi connectivity index (χ0) is 14.1. The molecule has 3 rings (SSSR count). The average Bonchev–Trinajstić information content (AvgIpc) is 2.87. The molecule has 0 spiro atoms. The minimum absolute atomic E-state index is 0.349. The number of carbonyl (C=O) groups excluding carboxylic acids is 1. The van der Waals surface area contributed by atoms with Gasteiger partial charge in [-0.25, -0.2) is 14.3 Å². The number of carbonyl (C=O) groups is 1. The zero-order valence-electron chi connectivity index (χ0n) is 11.2. The summed E-state index contributed by atoms with van der Waals surface area (Å²) in [5.41, 5.74) is 4.10. The quantitative estimate of drug-likeness (QED) is 0.669. The largest absolute Gasteiger partial charge is 0.465 e. The van der Waals surface area contributed by atoms with Crippen LogP contribution < -0.4 is 0 Å². The van der Waals surface area contributed by atoms with Crippen molar-refractivity contribution in [1.82, 2.24) is 14.6 Å². The van der Waals surface area contributed by atoms with E-state index in [9.17, 15) is 4.79 Å². The molecule has 20 heavy (non-hydrogen) atoms. The highest BCUT2D eigenvalue weighted by Gasteiger charge is 2.08. The second kappa shape index (κ2) is 4.77. The molecule has 0 amide bonds. The summed E-state index contributed by atoms with van der Waals surface area (Å²) < 4.78 is 6.50. The molecule has 0 aliphatic carbocycles. The number of esters is 1. The van der Waals surface area contributed by atoms with Crippen LogP contribution in [0.25, 0.3) is 16.8 Å². The van der Waals surface area contributed by atoms with Gasteiger partial charge in [0.05, 0.1) is 30.8 Å². The Bertz CT molecular complexity index is 793. The van der Waals surface area contributed by atoms with E-state index in [1.54, 1.807) is 29.0 Å². The summed E-state index contributed by atoms with van der Waals surface area (Å²) in [5.74, 6) is -0.349. The van der Waals surface area contributed by atoms with Crippen molar-refractivity contribution < 1.29 is 9.53 Å². The number of hydrogen-bond donors (Lipinski definition) is 0. The Hall–Kier alpha value is -2.69. The van der Waals surface area contributed by atoms with Gasteiger partial charge in [-0.1, -0.05) is 12.1 Å². The number of imidazole rings is 1. The molecule has 0 N–H and O–H groups in total. The van der Waals surface area contributed by atoms with Crippen molar-refractivity contribution in [2.24, 2.45) is 0 Å². The third-order valence-electron chi connectivity index (χ3n) is 3.15. The Balaban J connectivity index is 2.08. The van der Waals surface area contributed by atoms with Gasteiger partial charge in [0, 0.05) is 5.56 Å². The van der Waals surface area contributed by atoms with E-state index in [0.717, 1.165) is 22.5 Å². The van der Waals surface area contributed by atoms with E-state index in [-0.39, 0.29) is 5.97 Å². The first-order valence-corrected chi connectivity index (χ1v) is 6.18. The number of aromatic nitrogens is 3. The highest BCUT2D eigenvalue weighted by Crippen LogP contribution is 2.21. The van der Waals surface area contributed by atoms with Crippen molar-refractivity contribution >= 4 is 11.6 Å². The molecule has 0 aliphatic heterocycles. The van der Waals surface area contributed by atoms with Gasteiger partial charge in [0.15, 0.2) is 5.65 Å². The van der Waals surface area contributed by atoms with Crippen molar-refractivity contribution in [3.63, 3.8) is 0 Å². The number of aryl methyl sites for hydroxylation is 1. The lowest BCUT2D eigenvalue weighted by Crippen LogP contribution is -2.01. The molecule has 0 fully saturated rings. The van der Waals surface area contributed by atoms with Crippen LogP contribution in [0, 0.1) is 6.92 Å². The molecule has 2 aromatic heterocycles. The predicted octanol–water partition coefficient (Wildman–Crippen LogP) is 2.49. The zero-order valence-corrected chi connectivity index (χ0v) is 11.2. The van der Waals surface area contributed by atoms with Crippen LogP contribution >= 0.6 is 0 Å². The summed E-state index contributed by atoms with van der Waals surface area (Å²) in [6, 6.07) is 9.20. The molecular weight excluding hydrogens is 254 g/mol. The van der Waals surface area contributed by atoms with Gasteiger partial charge in [0.2, 0.25) is 0 Å². The summed E-state index contributed by atoms with van der Waals surface area (Å²) in [4.78, 5) is 15.8. The topological polar surface area (TPSA) is 56.5 Å². The average molecular weight is 267 g/mol. The first-order valence-electron chi connectivity index (χ1n) is 6.18. The Morgan fingerprint density at radius 3 is 2.85 bits per heavy atom. The Labute approximate surface area is 115 Å². The van der Waals surface area contributed by atoms with Crippen molar-refractivity contribution in [2.45, 2.75) is 6.92 Å². The van der Waals surface area contributed by atoms with E-state index in [1.807, 2.05) is 25.1 Å². The van der Waals surface area contributed by atoms with Crippen LogP contribution in [0.2, 0.25) is 0 Å². The fourth-order valence-corrected chi connectivity index (χ4v) is 2.10. The maximum absolute atomic E-state index is 11.6. The maximum atomic E-state index is 11.6. The van der Waals surface area contributed by atoms with Crippen molar-refractivity contribution in [3.8, 4) is 11.1 Å². The fourth-order valence-electron chi connectivity index (χ4n) is 2.10. The van der Waals surface area contributed by atoms with E-state index in [1.165, 1.54) is 7.11 Å². The first kappa shape index (κ1) is 12.3.